The van der Waals surface area contributed by atoms with Crippen LogP contribution in [-0.4, -0.2) is 31.8 Å². The second kappa shape index (κ2) is 4.73. The van der Waals surface area contributed by atoms with E-state index in [0.717, 1.165) is 9.47 Å². The molecule has 1 aliphatic heterocycles. The van der Waals surface area contributed by atoms with Gasteiger partial charge in [0.25, 0.3) is 5.91 Å². The number of carbonyl (C=O) groups is 1. The first kappa shape index (κ1) is 7.13. The maximum Gasteiger partial charge on any atom is 0.256 e. The molecule has 0 radical (unpaired) electrons. The summed E-state index contributed by atoms with van der Waals surface area (Å²) in [6, 6.07) is -1.94. The van der Waals surface area contributed by atoms with E-state index in [-0.39, 0.29) is 28.7 Å². The van der Waals surface area contributed by atoms with Crippen LogP contribution in [-0.2, 0) is 20.0 Å². The molecule has 0 saturated heterocycles. The van der Waals surface area contributed by atoms with E-state index >= 15 is 0 Å². The van der Waals surface area contributed by atoms with Crippen LogP contribution in [0.5, 0.6) is 0 Å². The molecule has 0 spiro atoms. The third-order valence-electron chi connectivity index (χ3n) is 3.84. The van der Waals surface area contributed by atoms with E-state index < -0.39 is 42.9 Å². The van der Waals surface area contributed by atoms with E-state index in [1.165, 1.54) is 13.4 Å². The second-order valence-electron chi connectivity index (χ2n) is 5.11. The van der Waals surface area contributed by atoms with Crippen molar-refractivity contribution in [1.29, 1.82) is 0 Å². The molecule has 0 saturated carbocycles. The molecule has 0 atom stereocenters. The molecule has 0 aliphatic carbocycles. The van der Waals surface area contributed by atoms with Crippen molar-refractivity contribution in [2.45, 2.75) is 19.8 Å². The van der Waals surface area contributed by atoms with Crippen molar-refractivity contribution in [3.8, 4) is 0 Å². The van der Waals surface area contributed by atoms with Gasteiger partial charge in [-0.3, -0.25) is 4.79 Å². The van der Waals surface area contributed by atoms with Gasteiger partial charge in [-0.05, 0) is 13.0 Å². The van der Waals surface area contributed by atoms with Crippen LogP contribution < -0.4 is 0 Å². The molecule has 0 bridgehead atoms. The Morgan fingerprint density at radius 1 is 1.45 bits per heavy atom. The summed E-state index contributed by atoms with van der Waals surface area (Å²) in [5, 5.41) is -0.119. The number of benzene rings is 1. The molecule has 5 heteroatoms. The van der Waals surface area contributed by atoms with Crippen LogP contribution in [0.25, 0.3) is 10.9 Å². The molecule has 5 nitrogen and oxygen atoms in total. The number of para-hydroxylation sites is 1. The van der Waals surface area contributed by atoms with Gasteiger partial charge < -0.3 is 14.5 Å². The monoisotopic (exact) mass is 302 g/mol. The van der Waals surface area contributed by atoms with Crippen LogP contribution in [0.4, 0.5) is 0 Å². The predicted molar refractivity (Wildman–Crippen MR) is 84.7 cm³/mol. The number of aryl methyl sites for hydroxylation is 2. The number of imidazole rings is 1. The van der Waals surface area contributed by atoms with E-state index in [1.807, 2.05) is 0 Å². The average molecular weight is 302 g/mol. The highest BCUT2D eigenvalue weighted by Crippen LogP contribution is 2.30. The van der Waals surface area contributed by atoms with Gasteiger partial charge in [-0.2, -0.15) is 0 Å². The molecule has 2 aromatic heterocycles. The molecule has 1 amide bonds. The number of nitrogens with one attached hydrogen (secondary N) is 1. The van der Waals surface area contributed by atoms with Gasteiger partial charge in [-0.25, -0.2) is 4.98 Å². The maximum atomic E-state index is 13.5. The predicted octanol–water partition coefficient (Wildman–Crippen LogP) is 2.41. The lowest BCUT2D eigenvalue weighted by molar-refractivity contribution is 0.0725. The van der Waals surface area contributed by atoms with Gasteiger partial charge in [0.1, 0.15) is 0 Å². The minimum absolute atomic E-state index is 0.0446. The van der Waals surface area contributed by atoms with Gasteiger partial charge in [-0.15, -0.1) is 0 Å². The fourth-order valence-corrected chi connectivity index (χ4v) is 2.60. The van der Waals surface area contributed by atoms with Gasteiger partial charge in [-0.1, -0.05) is 18.1 Å². The minimum Gasteiger partial charge on any atom is -0.348 e. The summed E-state index contributed by atoms with van der Waals surface area (Å²) in [6.45, 7) is -1.37. The Labute approximate surface area is 139 Å². The summed E-state index contributed by atoms with van der Waals surface area (Å²) in [5.41, 5.74) is 0.359. The first-order chi connectivity index (χ1) is 13.8. The third kappa shape index (κ3) is 1.78. The summed E-state index contributed by atoms with van der Waals surface area (Å²) in [6.07, 6.45) is -1.31. The zero-order valence-electron chi connectivity index (χ0n) is 20.0. The molecule has 0 fully saturated rings. The molecule has 0 unspecified atom stereocenters. The maximum absolute atomic E-state index is 13.5. The number of H-pyrrole nitrogens is 1. The van der Waals surface area contributed by atoms with Crippen molar-refractivity contribution in [1.82, 2.24) is 19.4 Å². The largest absolute Gasteiger partial charge is 0.348 e. The number of nitrogens with zero attached hydrogens (tertiary/aromatic N) is 3. The fourth-order valence-electron chi connectivity index (χ4n) is 2.60. The Kier molecular flexibility index (Phi) is 1.53. The molecule has 4 rings (SSSR count). The summed E-state index contributed by atoms with van der Waals surface area (Å²) in [5.74, 6) is -0.858. The van der Waals surface area contributed by atoms with Crippen LogP contribution in [0.2, 0.25) is 0 Å². The smallest absolute Gasteiger partial charge is 0.256 e. The van der Waals surface area contributed by atoms with Crippen molar-refractivity contribution in [3.63, 3.8) is 0 Å². The Morgan fingerprint density at radius 2 is 2.27 bits per heavy atom. The Bertz CT molecular complexity index is 1230. The number of aromatic nitrogens is 3. The van der Waals surface area contributed by atoms with Crippen molar-refractivity contribution in [2.75, 3.05) is 6.50 Å². The number of aromatic amines is 1. The van der Waals surface area contributed by atoms with E-state index in [0.29, 0.717) is 11.4 Å². The van der Waals surface area contributed by atoms with Crippen molar-refractivity contribution < 1.29 is 15.8 Å². The molecule has 3 aromatic rings. The fraction of sp³-hybridized carbons (Fsp3) is 0.294. The SMILES string of the molecule is [2H]c1c([2H])c([2H])c2c(c1[2H])c1c(n2C)C([2H])([2H])C([2H])([2H])N(Cc2nc[nH]c2C)C1=O. The van der Waals surface area contributed by atoms with Crippen LogP contribution in [0.3, 0.4) is 0 Å². The van der Waals surface area contributed by atoms with E-state index in [4.69, 9.17) is 11.0 Å². The number of hydrogen-bond acceptors (Lipinski definition) is 2. The van der Waals surface area contributed by atoms with Gasteiger partial charge >= 0.3 is 0 Å². The molecular formula is C17H18N4O. The number of rotatable bonds is 2. The molecule has 1 aromatic carbocycles. The van der Waals surface area contributed by atoms with Crippen LogP contribution in [0.1, 0.15) is 38.4 Å². The van der Waals surface area contributed by atoms with E-state index in [1.54, 1.807) is 6.92 Å². The lowest BCUT2D eigenvalue weighted by Crippen LogP contribution is -2.37. The Morgan fingerprint density at radius 3 is 3.05 bits per heavy atom. The lowest BCUT2D eigenvalue weighted by Gasteiger charge is -2.27. The van der Waals surface area contributed by atoms with Crippen LogP contribution in [0, 0.1) is 6.92 Å². The molecule has 1 N–H and O–H groups in total. The number of carbonyl (C=O) groups excluding carboxylic acids is 1. The normalized spacial score (nSPS) is 24.5. The Hall–Kier alpha value is -2.56. The van der Waals surface area contributed by atoms with Crippen molar-refractivity contribution >= 4 is 16.8 Å². The molecule has 1 aliphatic rings. The molecule has 3 heterocycles. The highest BCUT2D eigenvalue weighted by atomic mass is 16.2. The van der Waals surface area contributed by atoms with Crippen molar-refractivity contribution in [3.05, 3.63) is 53.1 Å². The number of fused-ring (bicyclic) bond motifs is 3. The highest BCUT2D eigenvalue weighted by molar-refractivity contribution is 6.09. The van der Waals surface area contributed by atoms with Crippen LogP contribution in [0.15, 0.2) is 30.5 Å². The summed E-state index contributed by atoms with van der Waals surface area (Å²) >= 11 is 0. The van der Waals surface area contributed by atoms with E-state index in [2.05, 4.69) is 9.97 Å². The number of amides is 1. The summed E-state index contributed by atoms with van der Waals surface area (Å²) in [7, 11) is 1.37. The minimum atomic E-state index is -2.76. The average Bonchev–Trinajstić information content (AvgIpc) is 3.21. The second-order valence-corrected chi connectivity index (χ2v) is 5.11. The van der Waals surface area contributed by atoms with Gasteiger partial charge in [0, 0.05) is 47.7 Å². The van der Waals surface area contributed by atoms with Crippen LogP contribution >= 0.6 is 0 Å². The highest BCUT2D eigenvalue weighted by Gasteiger charge is 2.30. The van der Waals surface area contributed by atoms with Crippen molar-refractivity contribution in [2.24, 2.45) is 7.05 Å². The zero-order valence-corrected chi connectivity index (χ0v) is 12.0. The zero-order chi connectivity index (χ0) is 22.3. The first-order valence-electron chi connectivity index (χ1n) is 10.7. The quantitative estimate of drug-likeness (QED) is 0.790. The molecular weight excluding hydrogens is 276 g/mol. The first-order valence-corrected chi connectivity index (χ1v) is 6.74. The van der Waals surface area contributed by atoms with Gasteiger partial charge in [0.15, 0.2) is 0 Å². The third-order valence-corrected chi connectivity index (χ3v) is 3.84. The molecule has 112 valence electrons. The Balaban J connectivity index is 2.09. The van der Waals surface area contributed by atoms with Gasteiger partial charge in [0.05, 0.1) is 29.6 Å². The van der Waals surface area contributed by atoms with E-state index in [9.17, 15) is 4.79 Å². The number of hydrogen-bond donors (Lipinski definition) is 1. The topological polar surface area (TPSA) is 53.9 Å². The molecule has 22 heavy (non-hydrogen) atoms. The standard InChI is InChI=1S/C17H18N4O/c1-11-13(19-10-18-11)9-21-8-7-15-16(17(21)22)12-5-3-4-6-14(12)20(15)2/h3-6,10H,7-9H2,1-2H3,(H,18,19)/i3D,4D,5D,6D,7D2,8D2. The van der Waals surface area contributed by atoms with Gasteiger partial charge in [0.2, 0.25) is 0 Å². The lowest BCUT2D eigenvalue weighted by atomic mass is 10.0. The summed E-state index contributed by atoms with van der Waals surface area (Å²) < 4.78 is 67.6. The summed E-state index contributed by atoms with van der Waals surface area (Å²) in [4.78, 5) is 21.1.